The Morgan fingerprint density at radius 2 is 2.21 bits per heavy atom. The fraction of sp³-hybridized carbons (Fsp3) is 0.462. The van der Waals surface area contributed by atoms with Gasteiger partial charge in [-0.15, -0.1) is 0 Å². The molecule has 1 unspecified atom stereocenters. The second kappa shape index (κ2) is 6.57. The van der Waals surface area contributed by atoms with Crippen molar-refractivity contribution in [3.63, 3.8) is 0 Å². The van der Waals surface area contributed by atoms with Crippen LogP contribution in [0.5, 0.6) is 0 Å². The van der Waals surface area contributed by atoms with Crippen LogP contribution in [0, 0.1) is 5.92 Å². The van der Waals surface area contributed by atoms with Crippen LogP contribution >= 0.6 is 23.2 Å². The molecule has 4 nitrogen and oxygen atoms in total. The third-order valence-electron chi connectivity index (χ3n) is 3.27. The van der Waals surface area contributed by atoms with Gasteiger partial charge < -0.3 is 11.1 Å². The number of carbonyl (C=O) groups excluding carboxylic acids is 1. The SMILES string of the molecule is NCC1CCN(CC(=O)Nc2ccc(Cl)c(Cl)c2)C1. The lowest BCUT2D eigenvalue weighted by molar-refractivity contribution is -0.117. The summed E-state index contributed by atoms with van der Waals surface area (Å²) in [6, 6.07) is 5.05. The highest BCUT2D eigenvalue weighted by Gasteiger charge is 2.22. The first kappa shape index (κ1) is 14.6. The molecule has 0 radical (unpaired) electrons. The molecule has 104 valence electrons. The van der Waals surface area contributed by atoms with E-state index in [0.29, 0.717) is 34.7 Å². The van der Waals surface area contributed by atoms with Gasteiger partial charge in [-0.3, -0.25) is 9.69 Å². The molecule has 1 amide bonds. The van der Waals surface area contributed by atoms with Gasteiger partial charge >= 0.3 is 0 Å². The van der Waals surface area contributed by atoms with Gasteiger partial charge in [0.25, 0.3) is 0 Å². The average molecular weight is 302 g/mol. The Hall–Kier alpha value is -0.810. The molecule has 19 heavy (non-hydrogen) atoms. The second-order valence-corrected chi connectivity index (χ2v) is 5.62. The molecule has 0 aromatic heterocycles. The van der Waals surface area contributed by atoms with E-state index in [9.17, 15) is 4.79 Å². The Labute approximate surface area is 122 Å². The summed E-state index contributed by atoms with van der Waals surface area (Å²) < 4.78 is 0. The number of amides is 1. The number of benzene rings is 1. The monoisotopic (exact) mass is 301 g/mol. The van der Waals surface area contributed by atoms with Crippen LogP contribution in [-0.4, -0.2) is 37.0 Å². The molecule has 1 saturated heterocycles. The minimum atomic E-state index is -0.0453. The van der Waals surface area contributed by atoms with Gasteiger partial charge in [0.05, 0.1) is 16.6 Å². The zero-order chi connectivity index (χ0) is 13.8. The Balaban J connectivity index is 1.86. The van der Waals surface area contributed by atoms with Crippen LogP contribution in [0.2, 0.25) is 10.0 Å². The molecular weight excluding hydrogens is 285 g/mol. The topological polar surface area (TPSA) is 58.4 Å². The van der Waals surface area contributed by atoms with Crippen LogP contribution in [0.3, 0.4) is 0 Å². The largest absolute Gasteiger partial charge is 0.330 e. The van der Waals surface area contributed by atoms with E-state index in [4.69, 9.17) is 28.9 Å². The number of halogens is 2. The Morgan fingerprint density at radius 1 is 1.42 bits per heavy atom. The van der Waals surface area contributed by atoms with Crippen molar-refractivity contribution in [1.82, 2.24) is 4.90 Å². The highest BCUT2D eigenvalue weighted by molar-refractivity contribution is 6.42. The first-order valence-corrected chi connectivity index (χ1v) is 7.01. The third-order valence-corrected chi connectivity index (χ3v) is 4.01. The standard InChI is InChI=1S/C13H17Cl2N3O/c14-11-2-1-10(5-12(11)15)17-13(19)8-18-4-3-9(6-16)7-18/h1-2,5,9H,3-4,6-8,16H2,(H,17,19). The maximum Gasteiger partial charge on any atom is 0.238 e. The molecule has 0 bridgehead atoms. The number of nitrogens with one attached hydrogen (secondary N) is 1. The van der Waals surface area contributed by atoms with Crippen LogP contribution in [-0.2, 0) is 4.79 Å². The van der Waals surface area contributed by atoms with Crippen LogP contribution in [0.4, 0.5) is 5.69 Å². The number of likely N-dealkylation sites (tertiary alicyclic amines) is 1. The lowest BCUT2D eigenvalue weighted by Gasteiger charge is -2.15. The normalized spacial score (nSPS) is 19.6. The molecule has 1 atom stereocenters. The Bertz CT molecular complexity index is 467. The van der Waals surface area contributed by atoms with Gasteiger partial charge in [-0.05, 0) is 43.6 Å². The molecule has 6 heteroatoms. The molecule has 2 rings (SSSR count). The van der Waals surface area contributed by atoms with E-state index in [1.165, 1.54) is 0 Å². The van der Waals surface area contributed by atoms with Crippen LogP contribution in [0.25, 0.3) is 0 Å². The van der Waals surface area contributed by atoms with E-state index < -0.39 is 0 Å². The Kier molecular flexibility index (Phi) is 5.05. The highest BCUT2D eigenvalue weighted by atomic mass is 35.5. The van der Waals surface area contributed by atoms with Crippen molar-refractivity contribution >= 4 is 34.8 Å². The predicted octanol–water partition coefficient (Wildman–Crippen LogP) is 2.21. The van der Waals surface area contributed by atoms with Crippen molar-refractivity contribution in [2.24, 2.45) is 11.7 Å². The van der Waals surface area contributed by atoms with Crippen molar-refractivity contribution in [3.05, 3.63) is 28.2 Å². The van der Waals surface area contributed by atoms with Crippen molar-refractivity contribution in [1.29, 1.82) is 0 Å². The van der Waals surface area contributed by atoms with Gasteiger partial charge in [0.1, 0.15) is 0 Å². The molecule has 1 heterocycles. The summed E-state index contributed by atoms with van der Waals surface area (Å²) in [7, 11) is 0. The number of hydrogen-bond donors (Lipinski definition) is 2. The zero-order valence-corrected chi connectivity index (χ0v) is 12.0. The van der Waals surface area contributed by atoms with Crippen LogP contribution in [0.1, 0.15) is 6.42 Å². The lowest BCUT2D eigenvalue weighted by Crippen LogP contribution is -2.32. The van der Waals surface area contributed by atoms with Crippen molar-refractivity contribution in [3.8, 4) is 0 Å². The summed E-state index contributed by atoms with van der Waals surface area (Å²) in [5.41, 5.74) is 6.29. The summed E-state index contributed by atoms with van der Waals surface area (Å²) in [6.45, 7) is 2.89. The number of nitrogens with two attached hydrogens (primary N) is 1. The second-order valence-electron chi connectivity index (χ2n) is 4.80. The molecule has 0 spiro atoms. The predicted molar refractivity (Wildman–Crippen MR) is 78.7 cm³/mol. The van der Waals surface area contributed by atoms with E-state index in [0.717, 1.165) is 19.5 Å². The van der Waals surface area contributed by atoms with Crippen molar-refractivity contribution in [2.45, 2.75) is 6.42 Å². The fourth-order valence-electron chi connectivity index (χ4n) is 2.23. The summed E-state index contributed by atoms with van der Waals surface area (Å²) in [4.78, 5) is 14.0. The molecule has 1 aliphatic heterocycles. The number of rotatable bonds is 4. The molecule has 1 aromatic carbocycles. The molecule has 0 aliphatic carbocycles. The molecule has 1 aromatic rings. The first-order valence-electron chi connectivity index (χ1n) is 6.26. The first-order chi connectivity index (χ1) is 9.08. The zero-order valence-electron chi connectivity index (χ0n) is 10.5. The van der Waals surface area contributed by atoms with Gasteiger partial charge in [-0.25, -0.2) is 0 Å². The number of carbonyl (C=O) groups is 1. The number of anilines is 1. The highest BCUT2D eigenvalue weighted by Crippen LogP contribution is 2.25. The minimum absolute atomic E-state index is 0.0453. The van der Waals surface area contributed by atoms with E-state index >= 15 is 0 Å². The summed E-state index contributed by atoms with van der Waals surface area (Å²) in [6.07, 6.45) is 1.07. The molecule has 0 saturated carbocycles. The molecule has 3 N–H and O–H groups in total. The lowest BCUT2D eigenvalue weighted by atomic mass is 10.1. The average Bonchev–Trinajstić information content (AvgIpc) is 2.81. The minimum Gasteiger partial charge on any atom is -0.330 e. The van der Waals surface area contributed by atoms with Crippen LogP contribution < -0.4 is 11.1 Å². The maximum absolute atomic E-state index is 11.9. The van der Waals surface area contributed by atoms with Gasteiger partial charge in [-0.1, -0.05) is 23.2 Å². The molecular formula is C13H17Cl2N3O. The smallest absolute Gasteiger partial charge is 0.238 e. The van der Waals surface area contributed by atoms with E-state index in [-0.39, 0.29) is 5.91 Å². The summed E-state index contributed by atoms with van der Waals surface area (Å²) in [5.74, 6) is 0.467. The fourth-order valence-corrected chi connectivity index (χ4v) is 2.52. The Morgan fingerprint density at radius 3 is 2.84 bits per heavy atom. The van der Waals surface area contributed by atoms with Crippen LogP contribution in [0.15, 0.2) is 18.2 Å². The van der Waals surface area contributed by atoms with Gasteiger partial charge in [0.15, 0.2) is 0 Å². The summed E-state index contributed by atoms with van der Waals surface area (Å²) in [5, 5.41) is 3.73. The van der Waals surface area contributed by atoms with E-state index in [1.807, 2.05) is 0 Å². The van der Waals surface area contributed by atoms with Crippen molar-refractivity contribution in [2.75, 3.05) is 31.5 Å². The van der Waals surface area contributed by atoms with Gasteiger partial charge in [0, 0.05) is 12.2 Å². The van der Waals surface area contributed by atoms with Gasteiger partial charge in [-0.2, -0.15) is 0 Å². The molecule has 1 aliphatic rings. The van der Waals surface area contributed by atoms with Crippen molar-refractivity contribution < 1.29 is 4.79 Å². The maximum atomic E-state index is 11.9. The molecule has 1 fully saturated rings. The number of nitrogens with zero attached hydrogens (tertiary/aromatic N) is 1. The number of hydrogen-bond acceptors (Lipinski definition) is 3. The van der Waals surface area contributed by atoms with E-state index in [2.05, 4.69) is 10.2 Å². The van der Waals surface area contributed by atoms with E-state index in [1.54, 1.807) is 18.2 Å². The summed E-state index contributed by atoms with van der Waals surface area (Å²) >= 11 is 11.7. The quantitative estimate of drug-likeness (QED) is 0.896. The van der Waals surface area contributed by atoms with Gasteiger partial charge in [0.2, 0.25) is 5.91 Å². The third kappa shape index (κ3) is 4.08.